The van der Waals surface area contributed by atoms with Crippen LogP contribution in [0.5, 0.6) is 11.5 Å². The number of para-hydroxylation sites is 1. The fraction of sp³-hybridized carbons (Fsp3) is 0.281. The molecule has 0 unspecified atom stereocenters. The average Bonchev–Trinajstić information content (AvgIpc) is 3.02. The molecule has 0 saturated heterocycles. The number of nitrogens with zero attached hydrogens (tertiary/aromatic N) is 1. The van der Waals surface area contributed by atoms with Crippen LogP contribution in [0.25, 0.3) is 0 Å². The molecule has 0 aliphatic heterocycles. The Hall–Kier alpha value is -4.51. The first-order valence-electron chi connectivity index (χ1n) is 14.1. The number of hydrogen-bond acceptors (Lipinski definition) is 7. The summed E-state index contributed by atoms with van der Waals surface area (Å²) in [6, 6.07) is 18.1. The van der Waals surface area contributed by atoms with Crippen molar-refractivity contribution in [3.63, 3.8) is 0 Å². The molecule has 3 N–H and O–H groups in total. The Morgan fingerprint density at radius 2 is 1.70 bits per heavy atom. The summed E-state index contributed by atoms with van der Waals surface area (Å²) in [5.74, 6) is -2.09. The van der Waals surface area contributed by atoms with Crippen molar-refractivity contribution in [2.24, 2.45) is 5.10 Å². The maximum absolute atomic E-state index is 12.9. The SMILES string of the molecule is CCCOc1ccc(C(=O)Oc2ccc(Br)cc2C=NNC(=O)C(=O)Nc2ccccc2C(=O)NC2CCCCC2)cc1. The van der Waals surface area contributed by atoms with Gasteiger partial charge in [0.1, 0.15) is 11.5 Å². The first-order chi connectivity index (χ1) is 20.8. The fourth-order valence-electron chi connectivity index (χ4n) is 4.47. The lowest BCUT2D eigenvalue weighted by molar-refractivity contribution is -0.136. The van der Waals surface area contributed by atoms with Gasteiger partial charge >= 0.3 is 17.8 Å². The monoisotopic (exact) mass is 648 g/mol. The third-order valence-electron chi connectivity index (χ3n) is 6.67. The Balaban J connectivity index is 1.36. The van der Waals surface area contributed by atoms with E-state index in [1.54, 1.807) is 66.7 Å². The van der Waals surface area contributed by atoms with E-state index in [2.05, 4.69) is 37.1 Å². The van der Waals surface area contributed by atoms with Gasteiger partial charge in [-0.05, 0) is 73.9 Å². The number of benzene rings is 3. The molecule has 3 aromatic carbocycles. The van der Waals surface area contributed by atoms with Crippen LogP contribution in [0.4, 0.5) is 5.69 Å². The number of carbonyl (C=O) groups excluding carboxylic acids is 4. The summed E-state index contributed by atoms with van der Waals surface area (Å²) in [7, 11) is 0. The molecule has 1 fully saturated rings. The van der Waals surface area contributed by atoms with E-state index in [4.69, 9.17) is 9.47 Å². The predicted octanol–water partition coefficient (Wildman–Crippen LogP) is 5.61. The maximum atomic E-state index is 12.9. The van der Waals surface area contributed by atoms with Gasteiger partial charge in [0.15, 0.2) is 0 Å². The lowest BCUT2D eigenvalue weighted by Gasteiger charge is -2.23. The molecule has 0 atom stereocenters. The van der Waals surface area contributed by atoms with Crippen molar-refractivity contribution in [2.75, 3.05) is 11.9 Å². The highest BCUT2D eigenvalue weighted by molar-refractivity contribution is 9.10. The highest BCUT2D eigenvalue weighted by atomic mass is 79.9. The van der Waals surface area contributed by atoms with Gasteiger partial charge in [-0.15, -0.1) is 0 Å². The number of carbonyl (C=O) groups is 4. The van der Waals surface area contributed by atoms with Gasteiger partial charge in [0.05, 0.1) is 29.6 Å². The maximum Gasteiger partial charge on any atom is 0.343 e. The molecule has 0 spiro atoms. The van der Waals surface area contributed by atoms with E-state index in [1.807, 2.05) is 6.92 Å². The van der Waals surface area contributed by atoms with Crippen LogP contribution in [0, 0.1) is 0 Å². The summed E-state index contributed by atoms with van der Waals surface area (Å²) in [6.07, 6.45) is 7.26. The third kappa shape index (κ3) is 9.24. The van der Waals surface area contributed by atoms with E-state index >= 15 is 0 Å². The number of hydrogen-bond donors (Lipinski definition) is 3. The van der Waals surface area contributed by atoms with Crippen molar-refractivity contribution in [1.82, 2.24) is 10.7 Å². The van der Waals surface area contributed by atoms with Crippen molar-refractivity contribution in [3.05, 3.63) is 87.9 Å². The summed E-state index contributed by atoms with van der Waals surface area (Å²) in [4.78, 5) is 50.7. The third-order valence-corrected chi connectivity index (χ3v) is 7.17. The summed E-state index contributed by atoms with van der Waals surface area (Å²) in [5.41, 5.74) is 3.35. The van der Waals surface area contributed by atoms with Crippen LogP contribution in [0.15, 0.2) is 76.3 Å². The Morgan fingerprint density at radius 3 is 2.44 bits per heavy atom. The van der Waals surface area contributed by atoms with Crippen LogP contribution in [-0.4, -0.2) is 42.6 Å². The van der Waals surface area contributed by atoms with Gasteiger partial charge in [-0.3, -0.25) is 14.4 Å². The van der Waals surface area contributed by atoms with Crippen molar-refractivity contribution in [3.8, 4) is 11.5 Å². The molecule has 0 radical (unpaired) electrons. The van der Waals surface area contributed by atoms with E-state index in [9.17, 15) is 19.2 Å². The Labute approximate surface area is 258 Å². The van der Waals surface area contributed by atoms with Crippen LogP contribution < -0.4 is 25.5 Å². The Bertz CT molecular complexity index is 1490. The largest absolute Gasteiger partial charge is 0.494 e. The molecule has 1 aliphatic carbocycles. The normalized spacial score (nSPS) is 13.3. The summed E-state index contributed by atoms with van der Waals surface area (Å²) < 4.78 is 11.8. The molecule has 224 valence electrons. The number of amides is 3. The second kappa shape index (κ2) is 15.6. The molecule has 3 amide bonds. The van der Waals surface area contributed by atoms with Crippen LogP contribution in [0.1, 0.15) is 71.7 Å². The van der Waals surface area contributed by atoms with Gasteiger partial charge < -0.3 is 20.1 Å². The minimum absolute atomic E-state index is 0.0931. The summed E-state index contributed by atoms with van der Waals surface area (Å²) >= 11 is 3.37. The molecule has 0 heterocycles. The molecule has 3 aromatic rings. The summed E-state index contributed by atoms with van der Waals surface area (Å²) in [6.45, 7) is 2.58. The number of ether oxygens (including phenoxy) is 2. The van der Waals surface area contributed by atoms with E-state index in [1.165, 1.54) is 6.21 Å². The number of nitrogens with one attached hydrogen (secondary N) is 3. The van der Waals surface area contributed by atoms with Gasteiger partial charge in [-0.2, -0.15) is 5.10 Å². The first kappa shape index (κ1) is 31.4. The van der Waals surface area contributed by atoms with Crippen molar-refractivity contribution in [2.45, 2.75) is 51.5 Å². The quantitative estimate of drug-likeness (QED) is 0.0860. The lowest BCUT2D eigenvalue weighted by atomic mass is 9.95. The van der Waals surface area contributed by atoms with Crippen molar-refractivity contribution < 1.29 is 28.7 Å². The van der Waals surface area contributed by atoms with Gasteiger partial charge in [0.25, 0.3) is 5.91 Å². The average molecular weight is 650 g/mol. The number of rotatable bonds is 10. The van der Waals surface area contributed by atoms with Crippen molar-refractivity contribution in [1.29, 1.82) is 0 Å². The topological polar surface area (TPSA) is 135 Å². The zero-order valence-corrected chi connectivity index (χ0v) is 25.3. The van der Waals surface area contributed by atoms with Crippen LogP contribution in [0.2, 0.25) is 0 Å². The van der Waals surface area contributed by atoms with Crippen LogP contribution >= 0.6 is 15.9 Å². The molecular formula is C32H33BrN4O6. The van der Waals surface area contributed by atoms with E-state index in [0.717, 1.165) is 38.5 Å². The van der Waals surface area contributed by atoms with Crippen molar-refractivity contribution >= 4 is 51.5 Å². The molecule has 1 aliphatic rings. The second-order valence-corrected chi connectivity index (χ2v) is 10.9. The van der Waals surface area contributed by atoms with Crippen LogP contribution in [0.3, 0.4) is 0 Å². The number of anilines is 1. The minimum Gasteiger partial charge on any atom is -0.494 e. The molecule has 4 rings (SSSR count). The van der Waals surface area contributed by atoms with Gasteiger partial charge in [0.2, 0.25) is 0 Å². The number of hydrazone groups is 1. The molecule has 0 aromatic heterocycles. The van der Waals surface area contributed by atoms with Gasteiger partial charge in [-0.1, -0.05) is 54.2 Å². The number of esters is 1. The Kier molecular flexibility index (Phi) is 11.4. The second-order valence-electron chi connectivity index (χ2n) is 9.95. The highest BCUT2D eigenvalue weighted by Gasteiger charge is 2.21. The molecular weight excluding hydrogens is 616 g/mol. The van der Waals surface area contributed by atoms with Gasteiger partial charge in [-0.25, -0.2) is 10.2 Å². The zero-order chi connectivity index (χ0) is 30.6. The molecule has 1 saturated carbocycles. The molecule has 11 heteroatoms. The first-order valence-corrected chi connectivity index (χ1v) is 14.9. The van der Waals surface area contributed by atoms with Gasteiger partial charge in [0, 0.05) is 16.1 Å². The lowest BCUT2D eigenvalue weighted by Crippen LogP contribution is -2.37. The highest BCUT2D eigenvalue weighted by Crippen LogP contribution is 2.24. The molecule has 10 nitrogen and oxygen atoms in total. The van der Waals surface area contributed by atoms with Crippen LogP contribution in [-0.2, 0) is 9.59 Å². The minimum atomic E-state index is -1.04. The fourth-order valence-corrected chi connectivity index (χ4v) is 4.85. The standard InChI is InChI=1S/C32H33BrN4O6/c1-2-18-42-25-15-12-21(13-16-25)32(41)43-28-17-14-23(33)19-22(28)20-34-37-31(40)30(39)36-27-11-7-6-10-26(27)29(38)35-24-8-4-3-5-9-24/h6-7,10-17,19-20,24H,2-5,8-9,18H2,1H3,(H,35,38)(H,36,39)(H,37,40). The van der Waals surface area contributed by atoms with E-state index in [-0.39, 0.29) is 28.9 Å². The van der Waals surface area contributed by atoms with E-state index in [0.29, 0.717) is 28.0 Å². The number of halogens is 1. The molecule has 43 heavy (non-hydrogen) atoms. The summed E-state index contributed by atoms with van der Waals surface area (Å²) in [5, 5.41) is 9.37. The zero-order valence-electron chi connectivity index (χ0n) is 23.7. The molecule has 0 bridgehead atoms. The van der Waals surface area contributed by atoms with E-state index < -0.39 is 17.8 Å². The Morgan fingerprint density at radius 1 is 0.953 bits per heavy atom. The smallest absolute Gasteiger partial charge is 0.343 e. The predicted molar refractivity (Wildman–Crippen MR) is 166 cm³/mol.